The zero-order chi connectivity index (χ0) is 22.6. The van der Waals surface area contributed by atoms with E-state index in [-0.39, 0.29) is 18.6 Å². The number of aromatic nitrogens is 1. The lowest BCUT2D eigenvalue weighted by Gasteiger charge is -2.41. The minimum Gasteiger partial charge on any atom is -0.396 e. The van der Waals surface area contributed by atoms with Crippen LogP contribution >= 0.6 is 0 Å². The second-order valence-corrected chi connectivity index (χ2v) is 8.55. The molecule has 5 nitrogen and oxygen atoms in total. The first kappa shape index (κ1) is 23.1. The molecule has 8 heteroatoms. The number of piperidine rings is 1. The fourth-order valence-corrected chi connectivity index (χ4v) is 3.97. The standard InChI is InChI=1S/C23H28F3N3O2/c1-16(2)28-21(31)18-6-9-27-20(13-18)29-10-7-22(15-30,8-11-29)14-17-4-3-5-19(12-17)23(24,25)26/h3-6,9,12-13,16,30H,7-8,10-11,14-15H2,1-2H3,(H,28,31). The molecule has 1 aliphatic heterocycles. The van der Waals surface area contributed by atoms with E-state index in [1.54, 1.807) is 24.4 Å². The fourth-order valence-electron chi connectivity index (χ4n) is 3.97. The van der Waals surface area contributed by atoms with Crippen LogP contribution in [0.5, 0.6) is 0 Å². The molecule has 0 saturated carbocycles. The predicted molar refractivity (Wildman–Crippen MR) is 113 cm³/mol. The summed E-state index contributed by atoms with van der Waals surface area (Å²) in [4.78, 5) is 18.7. The number of alkyl halides is 3. The van der Waals surface area contributed by atoms with Gasteiger partial charge in [-0.2, -0.15) is 13.2 Å². The van der Waals surface area contributed by atoms with E-state index in [0.717, 1.165) is 6.07 Å². The highest BCUT2D eigenvalue weighted by Gasteiger charge is 2.36. The average Bonchev–Trinajstić information content (AvgIpc) is 2.73. The van der Waals surface area contributed by atoms with Crippen LogP contribution in [0.3, 0.4) is 0 Å². The Labute approximate surface area is 180 Å². The molecule has 0 atom stereocenters. The van der Waals surface area contributed by atoms with Gasteiger partial charge >= 0.3 is 6.18 Å². The van der Waals surface area contributed by atoms with Crippen LogP contribution in [-0.4, -0.2) is 41.7 Å². The van der Waals surface area contributed by atoms with Crippen LogP contribution in [-0.2, 0) is 12.6 Å². The van der Waals surface area contributed by atoms with E-state index in [0.29, 0.717) is 49.3 Å². The zero-order valence-electron chi connectivity index (χ0n) is 17.7. The Morgan fingerprint density at radius 1 is 1.23 bits per heavy atom. The number of halogens is 3. The first-order valence-electron chi connectivity index (χ1n) is 10.4. The number of nitrogens with zero attached hydrogens (tertiary/aromatic N) is 2. The summed E-state index contributed by atoms with van der Waals surface area (Å²) in [5, 5.41) is 12.9. The largest absolute Gasteiger partial charge is 0.416 e. The van der Waals surface area contributed by atoms with Crippen molar-refractivity contribution in [2.24, 2.45) is 5.41 Å². The third-order valence-electron chi connectivity index (χ3n) is 5.74. The molecular weight excluding hydrogens is 407 g/mol. The second-order valence-electron chi connectivity index (χ2n) is 8.55. The van der Waals surface area contributed by atoms with E-state index >= 15 is 0 Å². The summed E-state index contributed by atoms with van der Waals surface area (Å²) < 4.78 is 39.1. The molecule has 1 fully saturated rings. The quantitative estimate of drug-likeness (QED) is 0.718. The summed E-state index contributed by atoms with van der Waals surface area (Å²) in [6, 6.07) is 8.76. The third-order valence-corrected chi connectivity index (χ3v) is 5.74. The van der Waals surface area contributed by atoms with Gasteiger partial charge < -0.3 is 15.3 Å². The summed E-state index contributed by atoms with van der Waals surface area (Å²) >= 11 is 0. The number of nitrogens with one attached hydrogen (secondary N) is 1. The van der Waals surface area contributed by atoms with Crippen molar-refractivity contribution >= 4 is 11.7 Å². The summed E-state index contributed by atoms with van der Waals surface area (Å²) in [6.07, 6.45) is -1.18. The lowest BCUT2D eigenvalue weighted by molar-refractivity contribution is -0.137. The Hall–Kier alpha value is -2.61. The summed E-state index contributed by atoms with van der Waals surface area (Å²) in [5.41, 5.74) is -0.0476. The Morgan fingerprint density at radius 3 is 2.55 bits per heavy atom. The molecule has 0 bridgehead atoms. The van der Waals surface area contributed by atoms with E-state index < -0.39 is 17.2 Å². The van der Waals surface area contributed by atoms with E-state index in [9.17, 15) is 23.1 Å². The van der Waals surface area contributed by atoms with Gasteiger partial charge in [-0.1, -0.05) is 18.2 Å². The highest BCUT2D eigenvalue weighted by atomic mass is 19.4. The molecule has 1 aromatic heterocycles. The molecule has 1 amide bonds. The van der Waals surface area contributed by atoms with Crippen molar-refractivity contribution in [2.45, 2.75) is 45.3 Å². The van der Waals surface area contributed by atoms with Gasteiger partial charge in [-0.3, -0.25) is 4.79 Å². The SMILES string of the molecule is CC(C)NC(=O)c1ccnc(N2CCC(CO)(Cc3cccc(C(F)(F)F)c3)CC2)c1. The number of amides is 1. The molecule has 2 N–H and O–H groups in total. The fraction of sp³-hybridized carbons (Fsp3) is 0.478. The molecule has 1 aromatic carbocycles. The number of pyridine rings is 1. The van der Waals surface area contributed by atoms with Gasteiger partial charge in [-0.05, 0) is 56.9 Å². The molecule has 168 valence electrons. The van der Waals surface area contributed by atoms with E-state index in [1.165, 1.54) is 12.1 Å². The maximum Gasteiger partial charge on any atom is 0.416 e. The van der Waals surface area contributed by atoms with Gasteiger partial charge in [-0.15, -0.1) is 0 Å². The Balaban J connectivity index is 1.69. The summed E-state index contributed by atoms with van der Waals surface area (Å²) in [7, 11) is 0. The molecule has 0 unspecified atom stereocenters. The van der Waals surface area contributed by atoms with Crippen molar-refractivity contribution in [1.29, 1.82) is 0 Å². The zero-order valence-corrected chi connectivity index (χ0v) is 17.7. The monoisotopic (exact) mass is 435 g/mol. The second kappa shape index (κ2) is 9.26. The maximum absolute atomic E-state index is 13.0. The van der Waals surface area contributed by atoms with Gasteiger partial charge in [0.25, 0.3) is 5.91 Å². The predicted octanol–water partition coefficient (Wildman–Crippen LogP) is 4.06. The molecule has 0 aliphatic carbocycles. The maximum atomic E-state index is 13.0. The number of aliphatic hydroxyl groups excluding tert-OH is 1. The van der Waals surface area contributed by atoms with Gasteiger partial charge in [0, 0.05) is 42.9 Å². The van der Waals surface area contributed by atoms with Gasteiger partial charge in [-0.25, -0.2) is 4.98 Å². The van der Waals surface area contributed by atoms with Crippen LogP contribution in [0.1, 0.15) is 48.2 Å². The molecule has 1 saturated heterocycles. The Bertz CT molecular complexity index is 907. The molecule has 31 heavy (non-hydrogen) atoms. The molecular formula is C23H28F3N3O2. The minimum atomic E-state index is -4.38. The van der Waals surface area contributed by atoms with Gasteiger partial charge in [0.05, 0.1) is 5.56 Å². The number of rotatable bonds is 6. The van der Waals surface area contributed by atoms with Crippen molar-refractivity contribution in [2.75, 3.05) is 24.6 Å². The first-order chi connectivity index (χ1) is 14.6. The number of aliphatic hydroxyl groups is 1. The molecule has 0 radical (unpaired) electrons. The van der Waals surface area contributed by atoms with E-state index in [4.69, 9.17) is 0 Å². The lowest BCUT2D eigenvalue weighted by Crippen LogP contribution is -2.43. The minimum absolute atomic E-state index is 0.0279. The van der Waals surface area contributed by atoms with Crippen molar-refractivity contribution in [1.82, 2.24) is 10.3 Å². The van der Waals surface area contributed by atoms with Crippen LogP contribution in [0.15, 0.2) is 42.6 Å². The molecule has 2 aromatic rings. The van der Waals surface area contributed by atoms with Gasteiger partial charge in [0.2, 0.25) is 0 Å². The number of carbonyl (C=O) groups excluding carboxylic acids is 1. The number of carbonyl (C=O) groups is 1. The van der Waals surface area contributed by atoms with E-state index in [2.05, 4.69) is 10.3 Å². The van der Waals surface area contributed by atoms with Crippen LogP contribution < -0.4 is 10.2 Å². The first-order valence-corrected chi connectivity index (χ1v) is 10.4. The van der Waals surface area contributed by atoms with E-state index in [1.807, 2.05) is 18.7 Å². The van der Waals surface area contributed by atoms with Crippen LogP contribution in [0, 0.1) is 5.41 Å². The van der Waals surface area contributed by atoms with Crippen LogP contribution in [0.25, 0.3) is 0 Å². The highest BCUT2D eigenvalue weighted by Crippen LogP contribution is 2.37. The number of anilines is 1. The smallest absolute Gasteiger partial charge is 0.396 e. The number of hydrogen-bond acceptors (Lipinski definition) is 4. The lowest BCUT2D eigenvalue weighted by atomic mass is 9.74. The Morgan fingerprint density at radius 2 is 1.94 bits per heavy atom. The Kier molecular flexibility index (Phi) is 6.89. The third kappa shape index (κ3) is 5.76. The van der Waals surface area contributed by atoms with Crippen LogP contribution in [0.2, 0.25) is 0 Å². The number of hydrogen-bond donors (Lipinski definition) is 2. The summed E-state index contributed by atoms with van der Waals surface area (Å²) in [6.45, 7) is 4.89. The topological polar surface area (TPSA) is 65.5 Å². The van der Waals surface area contributed by atoms with Gasteiger partial charge in [0.15, 0.2) is 0 Å². The summed E-state index contributed by atoms with van der Waals surface area (Å²) in [5.74, 6) is 0.520. The molecule has 2 heterocycles. The average molecular weight is 435 g/mol. The van der Waals surface area contributed by atoms with Crippen LogP contribution in [0.4, 0.5) is 19.0 Å². The van der Waals surface area contributed by atoms with Crippen molar-refractivity contribution in [3.8, 4) is 0 Å². The highest BCUT2D eigenvalue weighted by molar-refractivity contribution is 5.94. The molecule has 0 spiro atoms. The normalized spacial score (nSPS) is 16.4. The van der Waals surface area contributed by atoms with Crippen molar-refractivity contribution in [3.63, 3.8) is 0 Å². The molecule has 1 aliphatic rings. The molecule has 3 rings (SSSR count). The number of benzene rings is 1. The van der Waals surface area contributed by atoms with Gasteiger partial charge in [0.1, 0.15) is 5.82 Å². The van der Waals surface area contributed by atoms with Crippen molar-refractivity contribution < 1.29 is 23.1 Å². The van der Waals surface area contributed by atoms with Crippen molar-refractivity contribution in [3.05, 3.63) is 59.3 Å².